The number of hydrogen-bond donors (Lipinski definition) is 2. The number of carbonyl (C=O) groups excluding carboxylic acids is 1. The van der Waals surface area contributed by atoms with Crippen LogP contribution < -0.4 is 11.1 Å². The number of rotatable bonds is 3. The molecule has 19 heavy (non-hydrogen) atoms. The van der Waals surface area contributed by atoms with Gasteiger partial charge < -0.3 is 11.1 Å². The van der Waals surface area contributed by atoms with Crippen molar-refractivity contribution in [2.24, 2.45) is 0 Å². The molecule has 98 valence electrons. The van der Waals surface area contributed by atoms with Gasteiger partial charge in [-0.05, 0) is 42.3 Å². The summed E-state index contributed by atoms with van der Waals surface area (Å²) in [7, 11) is 0. The molecule has 1 amide bonds. The second-order valence-corrected chi connectivity index (χ2v) is 4.88. The maximum Gasteiger partial charge on any atom is 0.228 e. The molecule has 0 aliphatic rings. The zero-order chi connectivity index (χ0) is 13.8. The van der Waals surface area contributed by atoms with Crippen molar-refractivity contribution >= 4 is 28.9 Å². The monoisotopic (exact) mass is 274 g/mol. The average molecular weight is 275 g/mol. The predicted molar refractivity (Wildman–Crippen MR) is 79.4 cm³/mol. The molecule has 0 aliphatic heterocycles. The van der Waals surface area contributed by atoms with Gasteiger partial charge in [-0.25, -0.2) is 0 Å². The molecule has 0 saturated heterocycles. The van der Waals surface area contributed by atoms with Gasteiger partial charge in [0.15, 0.2) is 0 Å². The Morgan fingerprint density at radius 1 is 1.21 bits per heavy atom. The molecule has 0 aromatic heterocycles. The molecule has 0 spiro atoms. The Kier molecular flexibility index (Phi) is 4.07. The highest BCUT2D eigenvalue weighted by Crippen LogP contribution is 2.19. The summed E-state index contributed by atoms with van der Waals surface area (Å²) in [4.78, 5) is 11.9. The fraction of sp³-hybridized carbons (Fsp3) is 0.133. The molecule has 0 radical (unpaired) electrons. The van der Waals surface area contributed by atoms with Crippen LogP contribution in [0, 0.1) is 6.92 Å². The fourth-order valence-corrected chi connectivity index (χ4v) is 1.90. The number of hydrogen-bond acceptors (Lipinski definition) is 2. The first-order chi connectivity index (χ1) is 9.04. The van der Waals surface area contributed by atoms with E-state index in [1.165, 1.54) is 0 Å². The molecule has 0 saturated carbocycles. The minimum absolute atomic E-state index is 0.0992. The molecule has 0 heterocycles. The number of nitrogen functional groups attached to an aromatic ring is 1. The summed E-state index contributed by atoms with van der Waals surface area (Å²) >= 11 is 5.80. The fourth-order valence-electron chi connectivity index (χ4n) is 1.78. The van der Waals surface area contributed by atoms with E-state index in [1.54, 1.807) is 12.1 Å². The van der Waals surface area contributed by atoms with E-state index in [0.717, 1.165) is 11.1 Å². The minimum Gasteiger partial charge on any atom is -0.397 e. The van der Waals surface area contributed by atoms with Crippen LogP contribution in [-0.2, 0) is 11.2 Å². The van der Waals surface area contributed by atoms with Gasteiger partial charge in [0.2, 0.25) is 5.91 Å². The first-order valence-corrected chi connectivity index (χ1v) is 6.33. The summed E-state index contributed by atoms with van der Waals surface area (Å²) < 4.78 is 0. The lowest BCUT2D eigenvalue weighted by molar-refractivity contribution is -0.115. The smallest absolute Gasteiger partial charge is 0.228 e. The van der Waals surface area contributed by atoms with E-state index in [0.29, 0.717) is 22.8 Å². The van der Waals surface area contributed by atoms with Crippen molar-refractivity contribution in [3.63, 3.8) is 0 Å². The van der Waals surface area contributed by atoms with Gasteiger partial charge in [-0.2, -0.15) is 0 Å². The molecule has 2 aromatic carbocycles. The second-order valence-electron chi connectivity index (χ2n) is 4.44. The summed E-state index contributed by atoms with van der Waals surface area (Å²) in [5.74, 6) is -0.0992. The molecule has 0 fully saturated rings. The Hall–Kier alpha value is -2.00. The zero-order valence-electron chi connectivity index (χ0n) is 10.6. The lowest BCUT2D eigenvalue weighted by Gasteiger charge is -2.09. The van der Waals surface area contributed by atoms with Crippen molar-refractivity contribution in [3.05, 3.63) is 58.6 Å². The molecular formula is C15H15ClN2O. The maximum atomic E-state index is 11.9. The Morgan fingerprint density at radius 3 is 2.53 bits per heavy atom. The van der Waals surface area contributed by atoms with Gasteiger partial charge in [0.1, 0.15) is 0 Å². The summed E-state index contributed by atoms with van der Waals surface area (Å²) in [6, 6.07) is 12.8. The van der Waals surface area contributed by atoms with Crippen LogP contribution in [0.4, 0.5) is 11.4 Å². The highest BCUT2D eigenvalue weighted by molar-refractivity contribution is 6.30. The normalized spacial score (nSPS) is 10.2. The number of halogens is 1. The van der Waals surface area contributed by atoms with Crippen molar-refractivity contribution in [1.82, 2.24) is 0 Å². The summed E-state index contributed by atoms with van der Waals surface area (Å²) in [5.41, 5.74) is 9.04. The topological polar surface area (TPSA) is 55.1 Å². The first kappa shape index (κ1) is 13.4. The standard InChI is InChI=1S/C15H15ClN2O/c1-10-2-7-14(13(17)8-10)18-15(19)9-11-3-5-12(16)6-4-11/h2-8H,9,17H2,1H3,(H,18,19). The highest BCUT2D eigenvalue weighted by atomic mass is 35.5. The Labute approximate surface area is 117 Å². The van der Waals surface area contributed by atoms with Crippen LogP contribution in [-0.4, -0.2) is 5.91 Å². The third-order valence-corrected chi connectivity index (χ3v) is 3.01. The quantitative estimate of drug-likeness (QED) is 0.843. The maximum absolute atomic E-state index is 11.9. The summed E-state index contributed by atoms with van der Waals surface area (Å²) in [5, 5.41) is 3.46. The van der Waals surface area contributed by atoms with E-state index in [2.05, 4.69) is 5.32 Å². The van der Waals surface area contributed by atoms with Crippen molar-refractivity contribution < 1.29 is 4.79 Å². The predicted octanol–water partition coefficient (Wildman–Crippen LogP) is 3.41. The van der Waals surface area contributed by atoms with Gasteiger partial charge in [0, 0.05) is 5.02 Å². The third-order valence-electron chi connectivity index (χ3n) is 2.76. The molecule has 0 aliphatic carbocycles. The van der Waals surface area contributed by atoms with Gasteiger partial charge in [-0.3, -0.25) is 4.79 Å². The van der Waals surface area contributed by atoms with E-state index in [-0.39, 0.29) is 5.91 Å². The van der Waals surface area contributed by atoms with Crippen LogP contribution in [0.25, 0.3) is 0 Å². The largest absolute Gasteiger partial charge is 0.397 e. The number of aryl methyl sites for hydroxylation is 1. The Morgan fingerprint density at radius 2 is 1.89 bits per heavy atom. The number of amides is 1. The van der Waals surface area contributed by atoms with Crippen molar-refractivity contribution in [2.45, 2.75) is 13.3 Å². The summed E-state index contributed by atoms with van der Waals surface area (Å²) in [6.45, 7) is 1.95. The molecule has 3 nitrogen and oxygen atoms in total. The molecular weight excluding hydrogens is 260 g/mol. The molecule has 3 N–H and O–H groups in total. The van der Waals surface area contributed by atoms with E-state index < -0.39 is 0 Å². The van der Waals surface area contributed by atoms with Gasteiger partial charge >= 0.3 is 0 Å². The average Bonchev–Trinajstić information content (AvgIpc) is 2.36. The number of nitrogens with one attached hydrogen (secondary N) is 1. The summed E-state index contributed by atoms with van der Waals surface area (Å²) in [6.07, 6.45) is 0.296. The number of benzene rings is 2. The SMILES string of the molecule is Cc1ccc(NC(=O)Cc2ccc(Cl)cc2)c(N)c1. The number of nitrogens with two attached hydrogens (primary N) is 1. The highest BCUT2D eigenvalue weighted by Gasteiger charge is 2.06. The molecule has 4 heteroatoms. The number of carbonyl (C=O) groups is 1. The lowest BCUT2D eigenvalue weighted by atomic mass is 10.1. The van der Waals surface area contributed by atoms with Crippen molar-refractivity contribution in [3.8, 4) is 0 Å². The van der Waals surface area contributed by atoms with Crippen LogP contribution >= 0.6 is 11.6 Å². The van der Waals surface area contributed by atoms with E-state index in [1.807, 2.05) is 37.3 Å². The number of anilines is 2. The van der Waals surface area contributed by atoms with Crippen LogP contribution in [0.15, 0.2) is 42.5 Å². The molecule has 0 atom stereocenters. The lowest BCUT2D eigenvalue weighted by Crippen LogP contribution is -2.15. The molecule has 2 aromatic rings. The van der Waals surface area contributed by atoms with Gasteiger partial charge in [0.25, 0.3) is 0 Å². The molecule has 0 bridgehead atoms. The second kappa shape index (κ2) is 5.76. The van der Waals surface area contributed by atoms with Crippen LogP contribution in [0.1, 0.15) is 11.1 Å². The van der Waals surface area contributed by atoms with Crippen LogP contribution in [0.3, 0.4) is 0 Å². The van der Waals surface area contributed by atoms with Crippen molar-refractivity contribution in [2.75, 3.05) is 11.1 Å². The Balaban J connectivity index is 2.03. The first-order valence-electron chi connectivity index (χ1n) is 5.95. The van der Waals surface area contributed by atoms with E-state index >= 15 is 0 Å². The third kappa shape index (κ3) is 3.73. The van der Waals surface area contributed by atoms with Crippen LogP contribution in [0.5, 0.6) is 0 Å². The van der Waals surface area contributed by atoms with E-state index in [4.69, 9.17) is 17.3 Å². The van der Waals surface area contributed by atoms with E-state index in [9.17, 15) is 4.79 Å². The molecule has 2 rings (SSSR count). The van der Waals surface area contributed by atoms with Crippen molar-refractivity contribution in [1.29, 1.82) is 0 Å². The minimum atomic E-state index is -0.0992. The van der Waals surface area contributed by atoms with Gasteiger partial charge in [-0.1, -0.05) is 29.8 Å². The molecule has 0 unspecified atom stereocenters. The van der Waals surface area contributed by atoms with Gasteiger partial charge in [0.05, 0.1) is 17.8 Å². The van der Waals surface area contributed by atoms with Gasteiger partial charge in [-0.15, -0.1) is 0 Å². The van der Waals surface area contributed by atoms with Crippen LogP contribution in [0.2, 0.25) is 5.02 Å². The Bertz CT molecular complexity index is 594. The zero-order valence-corrected chi connectivity index (χ0v) is 11.4.